The predicted octanol–water partition coefficient (Wildman–Crippen LogP) is 2.70. The zero-order valence-corrected chi connectivity index (χ0v) is 15.1. The average Bonchev–Trinajstić information content (AvgIpc) is 3.10. The maximum absolute atomic E-state index is 14.3. The number of amides is 1. The van der Waals surface area contributed by atoms with Crippen LogP contribution in [-0.2, 0) is 0 Å². The first-order chi connectivity index (χ1) is 12.5. The molecule has 2 aromatic rings. The van der Waals surface area contributed by atoms with Gasteiger partial charge in [0.05, 0.1) is 6.04 Å². The molecule has 1 fully saturated rings. The molecule has 26 heavy (non-hydrogen) atoms. The van der Waals surface area contributed by atoms with Gasteiger partial charge in [-0.2, -0.15) is 0 Å². The standard InChI is InChI=1S/C20H24FN3O2/c1-13-11-14(2)23-20(26)18(13)19(25)22-12-17(24-9-5-6-10-24)15-7-3-4-8-16(15)21/h3-4,7-8,11,17H,5-6,9-10,12H2,1-2H3,(H,22,25)(H,23,26)/t17-/m0/s1. The lowest BCUT2D eigenvalue weighted by Gasteiger charge is -2.28. The van der Waals surface area contributed by atoms with Crippen molar-refractivity contribution < 1.29 is 9.18 Å². The zero-order chi connectivity index (χ0) is 18.7. The monoisotopic (exact) mass is 357 g/mol. The van der Waals surface area contributed by atoms with Gasteiger partial charge in [0.15, 0.2) is 0 Å². The smallest absolute Gasteiger partial charge is 0.261 e. The molecule has 0 saturated carbocycles. The Balaban J connectivity index is 1.81. The van der Waals surface area contributed by atoms with Gasteiger partial charge in [-0.1, -0.05) is 18.2 Å². The van der Waals surface area contributed by atoms with Crippen molar-refractivity contribution in [3.8, 4) is 0 Å². The minimum atomic E-state index is -0.427. The Hall–Kier alpha value is -2.47. The second kappa shape index (κ2) is 7.83. The molecule has 1 saturated heterocycles. The first kappa shape index (κ1) is 18.3. The number of carbonyl (C=O) groups excluding carboxylic acids is 1. The fourth-order valence-corrected chi connectivity index (χ4v) is 3.65. The number of hydrogen-bond acceptors (Lipinski definition) is 3. The van der Waals surface area contributed by atoms with Gasteiger partial charge in [0.2, 0.25) is 0 Å². The van der Waals surface area contributed by atoms with E-state index in [2.05, 4.69) is 15.2 Å². The Kier molecular flexibility index (Phi) is 5.52. The molecule has 0 unspecified atom stereocenters. The number of benzene rings is 1. The molecule has 1 amide bonds. The summed E-state index contributed by atoms with van der Waals surface area (Å²) in [7, 11) is 0. The van der Waals surface area contributed by atoms with Crippen molar-refractivity contribution in [2.24, 2.45) is 0 Å². The highest BCUT2D eigenvalue weighted by Gasteiger charge is 2.26. The van der Waals surface area contributed by atoms with Gasteiger partial charge < -0.3 is 10.3 Å². The minimum Gasteiger partial charge on any atom is -0.350 e. The highest BCUT2D eigenvalue weighted by Crippen LogP contribution is 2.26. The third kappa shape index (κ3) is 3.85. The summed E-state index contributed by atoms with van der Waals surface area (Å²) in [5, 5.41) is 2.84. The Morgan fingerprint density at radius 3 is 2.62 bits per heavy atom. The molecule has 0 bridgehead atoms. The number of aromatic amines is 1. The van der Waals surface area contributed by atoms with E-state index in [1.807, 2.05) is 0 Å². The van der Waals surface area contributed by atoms with E-state index in [9.17, 15) is 14.0 Å². The lowest BCUT2D eigenvalue weighted by atomic mass is 10.0. The molecule has 0 spiro atoms. The second-order valence-corrected chi connectivity index (χ2v) is 6.83. The van der Waals surface area contributed by atoms with Crippen molar-refractivity contribution in [3.63, 3.8) is 0 Å². The van der Waals surface area contributed by atoms with E-state index in [0.717, 1.165) is 25.9 Å². The van der Waals surface area contributed by atoms with Crippen LogP contribution in [0.2, 0.25) is 0 Å². The number of nitrogens with one attached hydrogen (secondary N) is 2. The van der Waals surface area contributed by atoms with Crippen LogP contribution in [0.25, 0.3) is 0 Å². The van der Waals surface area contributed by atoms with Crippen LogP contribution in [0, 0.1) is 19.7 Å². The van der Waals surface area contributed by atoms with Crippen LogP contribution >= 0.6 is 0 Å². The van der Waals surface area contributed by atoms with E-state index < -0.39 is 11.5 Å². The van der Waals surface area contributed by atoms with Crippen LogP contribution in [0.4, 0.5) is 4.39 Å². The number of hydrogen-bond donors (Lipinski definition) is 2. The van der Waals surface area contributed by atoms with E-state index in [-0.39, 0.29) is 24.0 Å². The number of H-pyrrole nitrogens is 1. The van der Waals surface area contributed by atoms with Crippen molar-refractivity contribution in [1.82, 2.24) is 15.2 Å². The molecule has 2 heterocycles. The maximum atomic E-state index is 14.3. The summed E-state index contributed by atoms with van der Waals surface area (Å²) in [6.45, 7) is 5.52. The number of nitrogens with zero attached hydrogens (tertiary/aromatic N) is 1. The van der Waals surface area contributed by atoms with Gasteiger partial charge >= 0.3 is 0 Å². The van der Waals surface area contributed by atoms with Crippen LogP contribution in [0.5, 0.6) is 0 Å². The molecule has 5 nitrogen and oxygen atoms in total. The molecule has 6 heteroatoms. The van der Waals surface area contributed by atoms with Gasteiger partial charge in [0.1, 0.15) is 11.4 Å². The fourth-order valence-electron chi connectivity index (χ4n) is 3.65. The Morgan fingerprint density at radius 1 is 1.27 bits per heavy atom. The molecule has 138 valence electrons. The molecule has 1 aromatic carbocycles. The summed E-state index contributed by atoms with van der Waals surface area (Å²) in [4.78, 5) is 29.6. The van der Waals surface area contributed by atoms with E-state index in [1.165, 1.54) is 6.07 Å². The van der Waals surface area contributed by atoms with Gasteiger partial charge in [-0.3, -0.25) is 14.5 Å². The average molecular weight is 357 g/mol. The van der Waals surface area contributed by atoms with Gasteiger partial charge in [-0.25, -0.2) is 4.39 Å². The van der Waals surface area contributed by atoms with Crippen LogP contribution in [-0.4, -0.2) is 35.4 Å². The van der Waals surface area contributed by atoms with Crippen molar-refractivity contribution in [1.29, 1.82) is 0 Å². The highest BCUT2D eigenvalue weighted by atomic mass is 19.1. The fraction of sp³-hybridized carbons (Fsp3) is 0.400. The molecule has 2 N–H and O–H groups in total. The topological polar surface area (TPSA) is 65.2 Å². The number of pyridine rings is 1. The molecule has 1 atom stereocenters. The minimum absolute atomic E-state index is 0.115. The number of rotatable bonds is 5. The Bertz CT molecular complexity index is 856. The third-order valence-electron chi connectivity index (χ3n) is 4.89. The van der Waals surface area contributed by atoms with Crippen LogP contribution < -0.4 is 10.9 Å². The number of carbonyl (C=O) groups is 1. The zero-order valence-electron chi connectivity index (χ0n) is 15.1. The second-order valence-electron chi connectivity index (χ2n) is 6.83. The van der Waals surface area contributed by atoms with Crippen molar-refractivity contribution in [2.75, 3.05) is 19.6 Å². The van der Waals surface area contributed by atoms with Crippen LogP contribution in [0.3, 0.4) is 0 Å². The van der Waals surface area contributed by atoms with Crippen molar-refractivity contribution in [3.05, 3.63) is 68.9 Å². The Labute approximate surface area is 152 Å². The molecule has 3 rings (SSSR count). The van der Waals surface area contributed by atoms with Crippen LogP contribution in [0.15, 0.2) is 35.1 Å². The van der Waals surface area contributed by atoms with Gasteiger partial charge in [-0.05, 0) is 57.5 Å². The van der Waals surface area contributed by atoms with E-state index >= 15 is 0 Å². The number of likely N-dealkylation sites (tertiary alicyclic amines) is 1. The van der Waals surface area contributed by atoms with E-state index in [0.29, 0.717) is 16.8 Å². The first-order valence-electron chi connectivity index (χ1n) is 8.94. The van der Waals surface area contributed by atoms with Gasteiger partial charge in [0, 0.05) is 17.8 Å². The molecular weight excluding hydrogens is 333 g/mol. The maximum Gasteiger partial charge on any atom is 0.261 e. The quantitative estimate of drug-likeness (QED) is 0.865. The summed E-state index contributed by atoms with van der Waals surface area (Å²) in [5.41, 5.74) is 1.63. The van der Waals surface area contributed by atoms with Crippen molar-refractivity contribution >= 4 is 5.91 Å². The SMILES string of the molecule is Cc1cc(C)c(C(=O)NC[C@@H](c2ccccc2F)N2CCCC2)c(=O)[nH]1. The third-order valence-corrected chi connectivity index (χ3v) is 4.89. The van der Waals surface area contributed by atoms with Crippen LogP contribution in [0.1, 0.15) is 46.1 Å². The molecule has 1 aliphatic rings. The summed E-state index contributed by atoms with van der Waals surface area (Å²) in [6, 6.07) is 8.19. The predicted molar refractivity (Wildman–Crippen MR) is 98.8 cm³/mol. The largest absolute Gasteiger partial charge is 0.350 e. The normalized spacial score (nSPS) is 15.8. The summed E-state index contributed by atoms with van der Waals surface area (Å²) >= 11 is 0. The lowest BCUT2D eigenvalue weighted by molar-refractivity contribution is 0.0935. The Morgan fingerprint density at radius 2 is 1.96 bits per heavy atom. The molecule has 0 aliphatic carbocycles. The summed E-state index contributed by atoms with van der Waals surface area (Å²) in [5.74, 6) is -0.702. The van der Waals surface area contributed by atoms with Gasteiger partial charge in [0.25, 0.3) is 11.5 Å². The molecular formula is C20H24FN3O2. The molecule has 1 aliphatic heterocycles. The molecule has 1 aromatic heterocycles. The number of halogens is 1. The number of aromatic nitrogens is 1. The first-order valence-corrected chi connectivity index (χ1v) is 8.94. The van der Waals surface area contributed by atoms with E-state index in [4.69, 9.17) is 0 Å². The highest BCUT2D eigenvalue weighted by molar-refractivity contribution is 5.95. The number of aryl methyl sites for hydroxylation is 2. The summed E-state index contributed by atoms with van der Waals surface area (Å²) < 4.78 is 14.3. The van der Waals surface area contributed by atoms with Crippen molar-refractivity contribution in [2.45, 2.75) is 32.7 Å². The van der Waals surface area contributed by atoms with E-state index in [1.54, 1.807) is 38.1 Å². The summed E-state index contributed by atoms with van der Waals surface area (Å²) in [6.07, 6.45) is 2.13. The molecule has 0 radical (unpaired) electrons. The lowest BCUT2D eigenvalue weighted by Crippen LogP contribution is -2.39. The van der Waals surface area contributed by atoms with Gasteiger partial charge in [-0.15, -0.1) is 0 Å².